The number of nitrogens with zero attached hydrogens (tertiary/aromatic N) is 1. The van der Waals surface area contributed by atoms with Crippen molar-refractivity contribution in [2.24, 2.45) is 21.7 Å². The van der Waals surface area contributed by atoms with E-state index in [0.717, 1.165) is 0 Å². The Balaban J connectivity index is 2.27. The number of hydrogen-bond donors (Lipinski definition) is 1. The summed E-state index contributed by atoms with van der Waals surface area (Å²) >= 11 is 0. The predicted octanol–water partition coefficient (Wildman–Crippen LogP) is 6.47. The number of non-ortho nitro benzene ring substituents is 1. The van der Waals surface area contributed by atoms with E-state index in [1.54, 1.807) is 95.2 Å². The maximum absolute atomic E-state index is 13.7. The molecule has 54 heavy (non-hydrogen) atoms. The number of esters is 4. The topological polar surface area (TPSA) is 170 Å². The standard InChI is InChI=1S/C41H54N2O11/c1-38(2,3)34(44)50-24-29-30(52-35(45)39(4,5)6)31(53-36(46)40(7,8)9)32(54-37(47)41(10,11)12)33(51-29)42-28(23-18-25-16-14-13-15-17-25)26-19-21-27(22-20-26)43(48)49/h13-17,19-22,28-33,42H,24H2,1-12H3/t28-,29+,30+,31-,32+,33+/m0/s1. The fourth-order valence-corrected chi connectivity index (χ4v) is 4.71. The molecule has 13 nitrogen and oxygen atoms in total. The number of nitro groups is 1. The lowest BCUT2D eigenvalue weighted by Crippen LogP contribution is -2.66. The van der Waals surface area contributed by atoms with Crippen LogP contribution in [0.5, 0.6) is 0 Å². The molecule has 0 spiro atoms. The van der Waals surface area contributed by atoms with Crippen LogP contribution in [0.25, 0.3) is 0 Å². The van der Waals surface area contributed by atoms with E-state index in [4.69, 9.17) is 23.7 Å². The van der Waals surface area contributed by atoms with Gasteiger partial charge in [0.2, 0.25) is 0 Å². The largest absolute Gasteiger partial charge is 0.462 e. The van der Waals surface area contributed by atoms with Gasteiger partial charge in [0.15, 0.2) is 24.5 Å². The van der Waals surface area contributed by atoms with Crippen LogP contribution in [0.3, 0.4) is 0 Å². The number of hydrogen-bond acceptors (Lipinski definition) is 12. The SMILES string of the molecule is CC(C)(C)C(=O)OC[C@H]1O[C@@H](N[C@@H](C#Cc2ccccc2)c2ccc([N+](=O)[O-])cc2)[C@H](OC(=O)C(C)(C)C)[C@@H](OC(=O)C(C)(C)C)[C@@H]1OC(=O)C(C)(C)C. The van der Waals surface area contributed by atoms with Crippen LogP contribution in [-0.4, -0.2) is 66.1 Å². The van der Waals surface area contributed by atoms with Crippen molar-refractivity contribution in [1.29, 1.82) is 0 Å². The second-order valence-corrected chi connectivity index (χ2v) is 17.4. The summed E-state index contributed by atoms with van der Waals surface area (Å²) in [5.74, 6) is 3.63. The van der Waals surface area contributed by atoms with Crippen LogP contribution in [0.4, 0.5) is 5.69 Å². The minimum absolute atomic E-state index is 0.141. The second kappa shape index (κ2) is 17.1. The third-order valence-electron chi connectivity index (χ3n) is 8.09. The summed E-state index contributed by atoms with van der Waals surface area (Å²) < 4.78 is 30.6. The molecule has 3 rings (SSSR count). The molecular weight excluding hydrogens is 696 g/mol. The highest BCUT2D eigenvalue weighted by atomic mass is 16.7. The lowest BCUT2D eigenvalue weighted by atomic mass is 9.92. The fraction of sp³-hybridized carbons (Fsp3) is 0.561. The molecule has 0 unspecified atom stereocenters. The molecule has 0 saturated carbocycles. The van der Waals surface area contributed by atoms with Gasteiger partial charge < -0.3 is 23.7 Å². The van der Waals surface area contributed by atoms with Gasteiger partial charge in [-0.05, 0) is 113 Å². The number of ether oxygens (including phenoxy) is 5. The van der Waals surface area contributed by atoms with E-state index in [0.29, 0.717) is 11.1 Å². The van der Waals surface area contributed by atoms with Crippen molar-refractivity contribution in [2.45, 2.75) is 120 Å². The van der Waals surface area contributed by atoms with Crippen molar-refractivity contribution in [3.8, 4) is 11.8 Å². The minimum atomic E-state index is -1.47. The van der Waals surface area contributed by atoms with Gasteiger partial charge in [0.25, 0.3) is 5.69 Å². The van der Waals surface area contributed by atoms with Crippen molar-refractivity contribution in [3.05, 3.63) is 75.8 Å². The highest BCUT2D eigenvalue weighted by Crippen LogP contribution is 2.34. The summed E-state index contributed by atoms with van der Waals surface area (Å²) in [7, 11) is 0. The van der Waals surface area contributed by atoms with Gasteiger partial charge in [-0.2, -0.15) is 0 Å². The minimum Gasteiger partial charge on any atom is -0.462 e. The van der Waals surface area contributed by atoms with Gasteiger partial charge in [-0.25, -0.2) is 0 Å². The number of nitrogens with one attached hydrogen (secondary N) is 1. The quantitative estimate of drug-likeness (QED) is 0.0977. The summed E-state index contributed by atoms with van der Waals surface area (Å²) in [5, 5.41) is 14.8. The molecule has 13 heteroatoms. The van der Waals surface area contributed by atoms with Gasteiger partial charge in [-0.1, -0.05) is 30.0 Å². The number of rotatable bonds is 9. The molecule has 2 aromatic rings. The summed E-state index contributed by atoms with van der Waals surface area (Å²) in [4.78, 5) is 64.8. The van der Waals surface area contributed by atoms with Gasteiger partial charge >= 0.3 is 23.9 Å². The molecule has 1 aliphatic rings. The van der Waals surface area contributed by atoms with Crippen molar-refractivity contribution in [2.75, 3.05) is 6.61 Å². The highest BCUT2D eigenvalue weighted by Gasteiger charge is 2.55. The predicted molar refractivity (Wildman–Crippen MR) is 199 cm³/mol. The van der Waals surface area contributed by atoms with E-state index in [1.165, 1.54) is 24.3 Å². The van der Waals surface area contributed by atoms with E-state index in [2.05, 4.69) is 17.2 Å². The number of carbonyl (C=O) groups excluding carboxylic acids is 4. The average molecular weight is 751 g/mol. The van der Waals surface area contributed by atoms with Crippen molar-refractivity contribution < 1.29 is 47.8 Å². The normalized spacial score (nSPS) is 21.1. The van der Waals surface area contributed by atoms with Gasteiger partial charge in [-0.15, -0.1) is 0 Å². The zero-order chi connectivity index (χ0) is 40.8. The molecule has 0 aromatic heterocycles. The van der Waals surface area contributed by atoms with Crippen LogP contribution >= 0.6 is 0 Å². The first-order valence-corrected chi connectivity index (χ1v) is 17.8. The molecule has 6 atom stereocenters. The number of carbonyl (C=O) groups is 4. The Bertz CT molecular complexity index is 1720. The number of nitro benzene ring substituents is 1. The van der Waals surface area contributed by atoms with Crippen LogP contribution in [0.1, 0.15) is 100 Å². The Morgan fingerprint density at radius 2 is 1.17 bits per heavy atom. The molecule has 2 aromatic carbocycles. The van der Waals surface area contributed by atoms with Crippen molar-refractivity contribution in [3.63, 3.8) is 0 Å². The number of benzene rings is 2. The molecule has 0 radical (unpaired) electrons. The maximum Gasteiger partial charge on any atom is 0.311 e. The van der Waals surface area contributed by atoms with E-state index < -0.39 is 93.8 Å². The summed E-state index contributed by atoms with van der Waals surface area (Å²) in [5.41, 5.74) is -2.98. The van der Waals surface area contributed by atoms with Gasteiger partial charge in [0.1, 0.15) is 12.7 Å². The van der Waals surface area contributed by atoms with Gasteiger partial charge in [0.05, 0.1) is 32.6 Å². The Kier molecular flexibility index (Phi) is 13.8. The smallest absolute Gasteiger partial charge is 0.311 e. The van der Waals surface area contributed by atoms with Crippen LogP contribution in [-0.2, 0) is 42.9 Å². The molecule has 0 aliphatic carbocycles. The van der Waals surface area contributed by atoms with Crippen LogP contribution in [0.15, 0.2) is 54.6 Å². The van der Waals surface area contributed by atoms with Crippen LogP contribution in [0, 0.1) is 43.6 Å². The summed E-state index contributed by atoms with van der Waals surface area (Å²) in [6, 6.07) is 13.9. The molecule has 0 bridgehead atoms. The monoisotopic (exact) mass is 750 g/mol. The van der Waals surface area contributed by atoms with E-state index >= 15 is 0 Å². The third kappa shape index (κ3) is 12.1. The first kappa shape index (κ1) is 43.6. The first-order chi connectivity index (χ1) is 24.8. The first-order valence-electron chi connectivity index (χ1n) is 17.8. The summed E-state index contributed by atoms with van der Waals surface area (Å²) in [6.45, 7) is 19.4. The molecule has 1 aliphatic heterocycles. The van der Waals surface area contributed by atoms with E-state index in [-0.39, 0.29) is 5.69 Å². The molecule has 1 heterocycles. The zero-order valence-corrected chi connectivity index (χ0v) is 33.3. The average Bonchev–Trinajstić information content (AvgIpc) is 3.06. The summed E-state index contributed by atoms with van der Waals surface area (Å²) in [6.07, 6.45) is -6.92. The van der Waals surface area contributed by atoms with Gasteiger partial charge in [-0.3, -0.25) is 34.6 Å². The fourth-order valence-electron chi connectivity index (χ4n) is 4.71. The Labute approximate surface area is 317 Å². The lowest BCUT2D eigenvalue weighted by Gasteiger charge is -2.46. The Morgan fingerprint density at radius 3 is 1.63 bits per heavy atom. The second-order valence-electron chi connectivity index (χ2n) is 17.4. The van der Waals surface area contributed by atoms with Crippen molar-refractivity contribution >= 4 is 29.6 Å². The van der Waals surface area contributed by atoms with E-state index in [1.807, 2.05) is 18.2 Å². The Hall–Kier alpha value is -4.80. The van der Waals surface area contributed by atoms with Crippen LogP contribution < -0.4 is 5.32 Å². The highest BCUT2D eigenvalue weighted by molar-refractivity contribution is 5.78. The molecular formula is C41H54N2O11. The third-order valence-corrected chi connectivity index (χ3v) is 8.09. The van der Waals surface area contributed by atoms with Crippen LogP contribution in [0.2, 0.25) is 0 Å². The maximum atomic E-state index is 13.7. The molecule has 1 fully saturated rings. The van der Waals surface area contributed by atoms with Crippen molar-refractivity contribution in [1.82, 2.24) is 5.32 Å². The Morgan fingerprint density at radius 1 is 0.704 bits per heavy atom. The molecule has 294 valence electrons. The molecule has 1 N–H and O–H groups in total. The van der Waals surface area contributed by atoms with E-state index in [9.17, 15) is 29.3 Å². The molecule has 0 amide bonds. The lowest BCUT2D eigenvalue weighted by molar-refractivity contribution is -0.384. The zero-order valence-electron chi connectivity index (χ0n) is 33.3. The van der Waals surface area contributed by atoms with Gasteiger partial charge in [0, 0.05) is 17.7 Å². The molecule has 1 saturated heterocycles.